The largest absolute Gasteiger partial charge is 0.464 e. The van der Waals surface area contributed by atoms with E-state index in [-0.39, 0.29) is 5.91 Å². The minimum atomic E-state index is 0.260. The molecule has 0 spiro atoms. The van der Waals surface area contributed by atoms with Gasteiger partial charge in [-0.3, -0.25) is 9.78 Å². The summed E-state index contributed by atoms with van der Waals surface area (Å²) in [6.45, 7) is 0.815. The molecule has 4 heterocycles. The molecule has 0 aliphatic carbocycles. The van der Waals surface area contributed by atoms with E-state index >= 15 is 0 Å². The van der Waals surface area contributed by atoms with Crippen molar-refractivity contribution in [3.8, 4) is 22.5 Å². The van der Waals surface area contributed by atoms with Crippen LogP contribution >= 0.6 is 0 Å². The van der Waals surface area contributed by atoms with E-state index < -0.39 is 0 Å². The Balaban J connectivity index is 1.62. The first-order chi connectivity index (χ1) is 11.8. The van der Waals surface area contributed by atoms with Gasteiger partial charge in [-0.2, -0.15) is 0 Å². The lowest BCUT2D eigenvalue weighted by Crippen LogP contribution is -2.32. The van der Waals surface area contributed by atoms with Gasteiger partial charge in [0.15, 0.2) is 0 Å². The molecule has 1 aromatic carbocycles. The lowest BCUT2D eigenvalue weighted by atomic mass is 9.94. The van der Waals surface area contributed by atoms with Crippen LogP contribution in [0.3, 0.4) is 0 Å². The van der Waals surface area contributed by atoms with Crippen molar-refractivity contribution < 1.29 is 9.21 Å². The highest BCUT2D eigenvalue weighted by Gasteiger charge is 2.31. The van der Waals surface area contributed by atoms with Crippen molar-refractivity contribution >= 4 is 11.6 Å². The van der Waals surface area contributed by atoms with Crippen LogP contribution in [-0.4, -0.2) is 17.4 Å². The highest BCUT2D eigenvalue weighted by atomic mass is 16.3. The molecule has 0 saturated heterocycles. The molecule has 118 valence electrons. The number of hydrogen-bond acceptors (Lipinski definition) is 3. The number of carbonyl (C=O) groups is 1. The van der Waals surface area contributed by atoms with Crippen LogP contribution in [0.4, 0.5) is 5.69 Å². The average molecular weight is 316 g/mol. The lowest BCUT2D eigenvalue weighted by Gasteiger charge is -2.25. The van der Waals surface area contributed by atoms with Crippen molar-refractivity contribution in [1.82, 2.24) is 4.98 Å². The number of pyridine rings is 1. The van der Waals surface area contributed by atoms with Gasteiger partial charge in [0.05, 0.1) is 12.0 Å². The predicted molar refractivity (Wildman–Crippen MR) is 91.8 cm³/mol. The number of amides is 1. The fourth-order valence-corrected chi connectivity index (χ4v) is 3.80. The van der Waals surface area contributed by atoms with Gasteiger partial charge in [-0.25, -0.2) is 0 Å². The van der Waals surface area contributed by atoms with Crippen LogP contribution in [0.25, 0.3) is 22.5 Å². The van der Waals surface area contributed by atoms with E-state index in [4.69, 9.17) is 4.42 Å². The Hall–Kier alpha value is -2.88. The Morgan fingerprint density at radius 1 is 0.958 bits per heavy atom. The third-order valence-corrected chi connectivity index (χ3v) is 4.93. The highest BCUT2D eigenvalue weighted by molar-refractivity contribution is 5.99. The van der Waals surface area contributed by atoms with Crippen LogP contribution in [-0.2, 0) is 17.6 Å². The zero-order valence-electron chi connectivity index (χ0n) is 13.2. The van der Waals surface area contributed by atoms with Crippen molar-refractivity contribution in [3.05, 3.63) is 60.1 Å². The SMILES string of the molecule is O=C1CCc2cc(-c3cncc(-c4ccco4)c3)cc3c2N1CC3. The maximum Gasteiger partial charge on any atom is 0.227 e. The standard InChI is InChI=1S/C20H16N2O2/c23-19-4-3-13-8-15(9-14-5-6-22(19)20(13)14)16-10-17(12-21-11-16)18-2-1-7-24-18/h1-2,7-12H,3-6H2. The van der Waals surface area contributed by atoms with Crippen molar-refractivity contribution in [2.75, 3.05) is 11.4 Å². The van der Waals surface area contributed by atoms with Gasteiger partial charge in [0, 0.05) is 36.5 Å². The van der Waals surface area contributed by atoms with Crippen molar-refractivity contribution in [3.63, 3.8) is 0 Å². The van der Waals surface area contributed by atoms with Gasteiger partial charge < -0.3 is 9.32 Å². The summed E-state index contributed by atoms with van der Waals surface area (Å²) in [4.78, 5) is 18.4. The summed E-state index contributed by atoms with van der Waals surface area (Å²) >= 11 is 0. The third kappa shape index (κ3) is 1.99. The topological polar surface area (TPSA) is 46.3 Å². The van der Waals surface area contributed by atoms with E-state index in [9.17, 15) is 4.79 Å². The number of aryl methyl sites for hydroxylation is 1. The van der Waals surface area contributed by atoms with E-state index in [2.05, 4.69) is 23.2 Å². The minimum Gasteiger partial charge on any atom is -0.464 e. The molecule has 2 aliphatic rings. The van der Waals surface area contributed by atoms with E-state index in [0.717, 1.165) is 42.0 Å². The van der Waals surface area contributed by atoms with Gasteiger partial charge in [-0.15, -0.1) is 0 Å². The molecule has 0 fully saturated rings. The van der Waals surface area contributed by atoms with Gasteiger partial charge >= 0.3 is 0 Å². The molecule has 3 aromatic rings. The lowest BCUT2D eigenvalue weighted by molar-refractivity contribution is -0.118. The molecule has 0 N–H and O–H groups in total. The molecule has 0 unspecified atom stereocenters. The number of benzene rings is 1. The maximum atomic E-state index is 12.1. The van der Waals surface area contributed by atoms with E-state index in [1.807, 2.05) is 29.4 Å². The quantitative estimate of drug-likeness (QED) is 0.721. The molecule has 0 saturated carbocycles. The van der Waals surface area contributed by atoms with Crippen LogP contribution in [0, 0.1) is 0 Å². The Labute approximate surface area is 139 Å². The molecule has 0 atom stereocenters. The number of rotatable bonds is 2. The summed E-state index contributed by atoms with van der Waals surface area (Å²) in [6, 6.07) is 10.4. The normalized spacial score (nSPS) is 15.7. The summed E-state index contributed by atoms with van der Waals surface area (Å²) in [5, 5.41) is 0. The zero-order chi connectivity index (χ0) is 16.1. The van der Waals surface area contributed by atoms with Crippen LogP contribution in [0.1, 0.15) is 17.5 Å². The minimum absolute atomic E-state index is 0.260. The summed E-state index contributed by atoms with van der Waals surface area (Å²) in [6.07, 6.45) is 7.76. The fraction of sp³-hybridized carbons (Fsp3) is 0.200. The first-order valence-corrected chi connectivity index (χ1v) is 8.25. The Bertz CT molecular complexity index is 944. The van der Waals surface area contributed by atoms with Crippen LogP contribution in [0.5, 0.6) is 0 Å². The number of hydrogen-bond donors (Lipinski definition) is 0. The molecule has 5 rings (SSSR count). The second-order valence-electron chi connectivity index (χ2n) is 6.38. The summed E-state index contributed by atoms with van der Waals surface area (Å²) in [5.41, 5.74) is 6.94. The Morgan fingerprint density at radius 2 is 1.79 bits per heavy atom. The molecule has 2 aliphatic heterocycles. The number of carbonyl (C=O) groups excluding carboxylic acids is 1. The molecular weight excluding hydrogens is 300 g/mol. The van der Waals surface area contributed by atoms with Crippen molar-refractivity contribution in [1.29, 1.82) is 0 Å². The van der Waals surface area contributed by atoms with Gasteiger partial charge in [0.25, 0.3) is 0 Å². The second-order valence-corrected chi connectivity index (χ2v) is 6.38. The fourth-order valence-electron chi connectivity index (χ4n) is 3.80. The van der Waals surface area contributed by atoms with Crippen molar-refractivity contribution in [2.45, 2.75) is 19.3 Å². The monoisotopic (exact) mass is 316 g/mol. The molecule has 24 heavy (non-hydrogen) atoms. The summed E-state index contributed by atoms with van der Waals surface area (Å²) < 4.78 is 5.48. The first kappa shape index (κ1) is 13.5. The Morgan fingerprint density at radius 3 is 2.62 bits per heavy atom. The molecule has 0 radical (unpaired) electrons. The number of furan rings is 1. The Kier molecular flexibility index (Phi) is 2.86. The third-order valence-electron chi connectivity index (χ3n) is 4.93. The number of anilines is 1. The maximum absolute atomic E-state index is 12.1. The average Bonchev–Trinajstić information content (AvgIpc) is 3.29. The first-order valence-electron chi connectivity index (χ1n) is 8.25. The highest BCUT2D eigenvalue weighted by Crippen LogP contribution is 2.40. The van der Waals surface area contributed by atoms with Crippen LogP contribution < -0.4 is 4.90 Å². The molecular formula is C20H16N2O2. The van der Waals surface area contributed by atoms with E-state index in [1.54, 1.807) is 6.26 Å². The van der Waals surface area contributed by atoms with E-state index in [0.29, 0.717) is 6.42 Å². The molecule has 1 amide bonds. The molecule has 4 nitrogen and oxygen atoms in total. The molecule has 0 bridgehead atoms. The van der Waals surface area contributed by atoms with E-state index in [1.165, 1.54) is 16.7 Å². The number of aromatic nitrogens is 1. The summed E-state index contributed by atoms with van der Waals surface area (Å²) in [5.74, 6) is 1.08. The van der Waals surface area contributed by atoms with Crippen LogP contribution in [0.2, 0.25) is 0 Å². The van der Waals surface area contributed by atoms with Gasteiger partial charge in [0.2, 0.25) is 5.91 Å². The smallest absolute Gasteiger partial charge is 0.227 e. The predicted octanol–water partition coefficient (Wildman–Crippen LogP) is 3.84. The molecule has 4 heteroatoms. The van der Waals surface area contributed by atoms with Gasteiger partial charge in [-0.05, 0) is 59.9 Å². The van der Waals surface area contributed by atoms with Gasteiger partial charge in [-0.1, -0.05) is 0 Å². The second kappa shape index (κ2) is 5.06. The molecule has 2 aromatic heterocycles. The zero-order valence-corrected chi connectivity index (χ0v) is 13.2. The van der Waals surface area contributed by atoms with Crippen LogP contribution in [0.15, 0.2) is 53.4 Å². The van der Waals surface area contributed by atoms with Crippen molar-refractivity contribution in [2.24, 2.45) is 0 Å². The number of nitrogens with zero attached hydrogens (tertiary/aromatic N) is 2. The summed E-state index contributed by atoms with van der Waals surface area (Å²) in [7, 11) is 0. The van der Waals surface area contributed by atoms with Gasteiger partial charge in [0.1, 0.15) is 5.76 Å².